The Hall–Kier alpha value is -2.03. The second-order valence-corrected chi connectivity index (χ2v) is 7.14. The van der Waals surface area contributed by atoms with E-state index < -0.39 is 11.9 Å². The monoisotopic (exact) mass is 365 g/mol. The first-order valence-corrected chi connectivity index (χ1v) is 8.84. The van der Waals surface area contributed by atoms with E-state index in [1.807, 2.05) is 12.1 Å². The lowest BCUT2D eigenvalue weighted by atomic mass is 10.2. The smallest absolute Gasteiger partial charge is 0.352 e. The molecule has 3 rings (SSSR count). The first-order valence-electron chi connectivity index (χ1n) is 7.15. The average molecular weight is 365 g/mol. The van der Waals surface area contributed by atoms with Crippen LogP contribution in [0.25, 0.3) is 6.08 Å². The van der Waals surface area contributed by atoms with Crippen LogP contribution in [0.3, 0.4) is 0 Å². The Labute approximate surface area is 146 Å². The zero-order chi connectivity index (χ0) is 17.1. The molecule has 0 unspecified atom stereocenters. The molecule has 3 heterocycles. The highest BCUT2D eigenvalue weighted by molar-refractivity contribution is 8.06. The van der Waals surface area contributed by atoms with Crippen LogP contribution in [-0.4, -0.2) is 30.8 Å². The zero-order valence-corrected chi connectivity index (χ0v) is 14.5. The maximum absolute atomic E-state index is 12.0. The van der Waals surface area contributed by atoms with E-state index in [-0.39, 0.29) is 11.3 Å². The molecule has 0 atom stereocenters. The lowest BCUT2D eigenvalue weighted by Gasteiger charge is -2.10. The number of fused-ring (bicyclic) bond motifs is 1. The Kier molecular flexibility index (Phi) is 5.08. The Morgan fingerprint density at radius 3 is 3.00 bits per heavy atom. The second kappa shape index (κ2) is 7.25. The van der Waals surface area contributed by atoms with Crippen molar-refractivity contribution in [3.05, 3.63) is 49.2 Å². The summed E-state index contributed by atoms with van der Waals surface area (Å²) >= 11 is 2.83. The van der Waals surface area contributed by atoms with Gasteiger partial charge in [0.2, 0.25) is 0 Å². The van der Waals surface area contributed by atoms with Gasteiger partial charge in [0, 0.05) is 32.7 Å². The third kappa shape index (κ3) is 3.55. The summed E-state index contributed by atoms with van der Waals surface area (Å²) in [5, 5.41) is 13.2. The molecule has 0 radical (unpaired) electrons. The maximum atomic E-state index is 12.0. The van der Waals surface area contributed by atoms with Gasteiger partial charge in [-0.3, -0.25) is 0 Å². The van der Waals surface area contributed by atoms with Crippen molar-refractivity contribution in [1.82, 2.24) is 5.32 Å². The molecule has 6 nitrogen and oxygen atoms in total. The van der Waals surface area contributed by atoms with Crippen molar-refractivity contribution in [2.75, 3.05) is 13.7 Å². The van der Waals surface area contributed by atoms with Crippen LogP contribution in [-0.2, 0) is 32.1 Å². The van der Waals surface area contributed by atoms with Crippen molar-refractivity contribution in [2.24, 2.45) is 0 Å². The third-order valence-corrected chi connectivity index (χ3v) is 5.63. The van der Waals surface area contributed by atoms with Crippen LogP contribution in [0.2, 0.25) is 0 Å². The Bertz CT molecular complexity index is 752. The van der Waals surface area contributed by atoms with Crippen molar-refractivity contribution >= 4 is 41.1 Å². The molecule has 0 saturated carbocycles. The molecule has 1 aromatic heterocycles. The van der Waals surface area contributed by atoms with Gasteiger partial charge >= 0.3 is 11.9 Å². The summed E-state index contributed by atoms with van der Waals surface area (Å²) < 4.78 is 10.2. The SMILES string of the molecule is COC(=O)C1=CNC(C(=O)O)=CSC1=Cc1cc2c(s1)CCOC2. The molecule has 0 amide bonds. The van der Waals surface area contributed by atoms with Crippen LogP contribution in [0.4, 0.5) is 0 Å². The predicted molar refractivity (Wildman–Crippen MR) is 92.2 cm³/mol. The van der Waals surface area contributed by atoms with Gasteiger partial charge in [-0.2, -0.15) is 0 Å². The highest BCUT2D eigenvalue weighted by atomic mass is 32.2. The molecule has 0 spiro atoms. The van der Waals surface area contributed by atoms with E-state index in [0.717, 1.165) is 17.9 Å². The molecule has 2 N–H and O–H groups in total. The van der Waals surface area contributed by atoms with Gasteiger partial charge in [-0.05, 0) is 17.7 Å². The minimum Gasteiger partial charge on any atom is -0.477 e. The van der Waals surface area contributed by atoms with Crippen molar-refractivity contribution < 1.29 is 24.2 Å². The van der Waals surface area contributed by atoms with E-state index in [1.54, 1.807) is 11.3 Å². The van der Waals surface area contributed by atoms with Gasteiger partial charge in [-0.1, -0.05) is 11.8 Å². The fraction of sp³-hybridized carbons (Fsp3) is 0.250. The highest BCUT2D eigenvalue weighted by Gasteiger charge is 2.21. The van der Waals surface area contributed by atoms with Gasteiger partial charge in [-0.15, -0.1) is 11.3 Å². The number of esters is 1. The Balaban J connectivity index is 1.96. The van der Waals surface area contributed by atoms with Gasteiger partial charge in [-0.25, -0.2) is 9.59 Å². The van der Waals surface area contributed by atoms with Crippen LogP contribution in [0, 0.1) is 0 Å². The molecule has 0 aromatic carbocycles. The van der Waals surface area contributed by atoms with Gasteiger partial charge in [0.1, 0.15) is 5.70 Å². The molecule has 2 aliphatic heterocycles. The molecule has 0 fully saturated rings. The number of rotatable bonds is 3. The summed E-state index contributed by atoms with van der Waals surface area (Å²) in [4.78, 5) is 26.1. The number of carbonyl (C=O) groups excluding carboxylic acids is 1. The fourth-order valence-electron chi connectivity index (χ4n) is 2.30. The van der Waals surface area contributed by atoms with Crippen molar-refractivity contribution in [1.29, 1.82) is 0 Å². The molecule has 24 heavy (non-hydrogen) atoms. The number of methoxy groups -OCH3 is 1. The molecule has 126 valence electrons. The number of thiophene rings is 1. The van der Waals surface area contributed by atoms with E-state index in [2.05, 4.69) is 5.32 Å². The van der Waals surface area contributed by atoms with E-state index in [9.17, 15) is 9.59 Å². The molecule has 1 aromatic rings. The van der Waals surface area contributed by atoms with Crippen molar-refractivity contribution in [3.8, 4) is 0 Å². The van der Waals surface area contributed by atoms with Crippen LogP contribution < -0.4 is 5.32 Å². The lowest BCUT2D eigenvalue weighted by molar-refractivity contribution is -0.136. The Morgan fingerprint density at radius 1 is 1.46 bits per heavy atom. The van der Waals surface area contributed by atoms with E-state index in [1.165, 1.54) is 40.9 Å². The zero-order valence-electron chi connectivity index (χ0n) is 12.8. The number of carbonyl (C=O) groups is 2. The summed E-state index contributed by atoms with van der Waals surface area (Å²) in [5.41, 5.74) is 1.46. The minimum atomic E-state index is -1.09. The number of thioether (sulfide) groups is 1. The summed E-state index contributed by atoms with van der Waals surface area (Å²) in [7, 11) is 1.29. The average Bonchev–Trinajstić information content (AvgIpc) is 2.86. The van der Waals surface area contributed by atoms with Crippen LogP contribution >= 0.6 is 23.1 Å². The fourth-order valence-corrected chi connectivity index (χ4v) is 4.35. The number of nitrogens with one attached hydrogen (secondary N) is 1. The minimum absolute atomic E-state index is 0.00340. The van der Waals surface area contributed by atoms with Crippen molar-refractivity contribution in [2.45, 2.75) is 13.0 Å². The maximum Gasteiger partial charge on any atom is 0.352 e. The summed E-state index contributed by atoms with van der Waals surface area (Å²) in [5.74, 6) is -1.61. The van der Waals surface area contributed by atoms with E-state index in [4.69, 9.17) is 14.6 Å². The number of hydrogen-bond donors (Lipinski definition) is 2. The van der Waals surface area contributed by atoms with Gasteiger partial charge in [0.15, 0.2) is 0 Å². The second-order valence-electron chi connectivity index (χ2n) is 5.06. The number of carboxylic acids is 1. The molecule has 2 aliphatic rings. The van der Waals surface area contributed by atoms with Gasteiger partial charge in [0.05, 0.1) is 25.9 Å². The summed E-state index contributed by atoms with van der Waals surface area (Å²) in [6.07, 6.45) is 4.13. The van der Waals surface area contributed by atoms with E-state index >= 15 is 0 Å². The number of ether oxygens (including phenoxy) is 2. The predicted octanol–water partition coefficient (Wildman–Crippen LogP) is 2.48. The molecule has 8 heteroatoms. The third-order valence-electron chi connectivity index (χ3n) is 3.50. The standard InChI is InChI=1S/C16H15NO5S2/c1-21-16(20)11-6-17-12(15(18)19)8-23-14(11)5-10-4-9-7-22-3-2-13(9)24-10/h4-6,8,17H,2-3,7H2,1H3,(H,18,19). The highest BCUT2D eigenvalue weighted by Crippen LogP contribution is 2.34. The number of aliphatic carboxylic acids is 1. The normalized spacial score (nSPS) is 18.8. The molecular weight excluding hydrogens is 350 g/mol. The quantitative estimate of drug-likeness (QED) is 0.796. The van der Waals surface area contributed by atoms with Crippen LogP contribution in [0.15, 0.2) is 33.8 Å². The molecule has 0 bridgehead atoms. The molecule has 0 aliphatic carbocycles. The summed E-state index contributed by atoms with van der Waals surface area (Å²) in [6, 6.07) is 2.04. The Morgan fingerprint density at radius 2 is 2.29 bits per heavy atom. The van der Waals surface area contributed by atoms with E-state index in [0.29, 0.717) is 11.5 Å². The number of hydrogen-bond acceptors (Lipinski definition) is 7. The molecule has 0 saturated heterocycles. The van der Waals surface area contributed by atoms with Gasteiger partial charge in [0.25, 0.3) is 0 Å². The number of carboxylic acid groups (broad SMARTS) is 1. The first kappa shape index (κ1) is 16.8. The summed E-state index contributed by atoms with van der Waals surface area (Å²) in [6.45, 7) is 1.33. The lowest BCUT2D eigenvalue weighted by Crippen LogP contribution is -2.15. The van der Waals surface area contributed by atoms with Crippen molar-refractivity contribution in [3.63, 3.8) is 0 Å². The molecular formula is C16H15NO5S2. The van der Waals surface area contributed by atoms with Gasteiger partial charge < -0.3 is 19.9 Å². The van der Waals surface area contributed by atoms with Crippen LogP contribution in [0.5, 0.6) is 0 Å². The largest absolute Gasteiger partial charge is 0.477 e. The topological polar surface area (TPSA) is 84.9 Å². The first-order chi connectivity index (χ1) is 11.6. The van der Waals surface area contributed by atoms with Crippen LogP contribution in [0.1, 0.15) is 15.3 Å².